The largest absolute Gasteiger partial charge is 0.507 e. The number of rotatable bonds is 3. The molecular formula is C16H9BrCl2N2O2. The highest BCUT2D eigenvalue weighted by Crippen LogP contribution is 2.26. The average molecular weight is 412 g/mol. The number of hydrogen-bond donors (Lipinski definition) is 2. The summed E-state index contributed by atoms with van der Waals surface area (Å²) in [5.74, 6) is -0.520. The number of benzene rings is 2. The summed E-state index contributed by atoms with van der Waals surface area (Å²) in [4.78, 5) is 12.2. The van der Waals surface area contributed by atoms with E-state index >= 15 is 0 Å². The van der Waals surface area contributed by atoms with Crippen molar-refractivity contribution in [3.8, 4) is 11.8 Å². The summed E-state index contributed by atoms with van der Waals surface area (Å²) < 4.78 is 0.463. The van der Waals surface area contributed by atoms with E-state index in [0.29, 0.717) is 25.8 Å². The van der Waals surface area contributed by atoms with E-state index in [1.807, 2.05) is 6.07 Å². The Bertz CT molecular complexity index is 824. The molecule has 0 heterocycles. The van der Waals surface area contributed by atoms with Crippen LogP contribution in [0.5, 0.6) is 5.75 Å². The molecule has 2 N–H and O–H groups in total. The fourth-order valence-electron chi connectivity index (χ4n) is 1.75. The van der Waals surface area contributed by atoms with Crippen molar-refractivity contribution < 1.29 is 9.90 Å². The monoisotopic (exact) mass is 410 g/mol. The van der Waals surface area contributed by atoms with E-state index < -0.39 is 5.91 Å². The molecule has 0 saturated carbocycles. The number of nitrogens with zero attached hydrogens (tertiary/aromatic N) is 1. The van der Waals surface area contributed by atoms with E-state index in [4.69, 9.17) is 23.2 Å². The molecule has 0 aromatic heterocycles. The van der Waals surface area contributed by atoms with Gasteiger partial charge >= 0.3 is 0 Å². The summed E-state index contributed by atoms with van der Waals surface area (Å²) in [6, 6.07) is 11.1. The first-order chi connectivity index (χ1) is 10.9. The van der Waals surface area contributed by atoms with Crippen molar-refractivity contribution in [1.29, 1.82) is 5.26 Å². The van der Waals surface area contributed by atoms with Gasteiger partial charge in [0.05, 0.1) is 4.47 Å². The van der Waals surface area contributed by atoms with Crippen molar-refractivity contribution in [3.05, 3.63) is 62.1 Å². The van der Waals surface area contributed by atoms with E-state index in [2.05, 4.69) is 21.2 Å². The number of halogens is 3. The third-order valence-corrected chi connectivity index (χ3v) is 3.84. The van der Waals surface area contributed by atoms with Crippen LogP contribution in [0.2, 0.25) is 10.0 Å². The van der Waals surface area contributed by atoms with Crippen LogP contribution in [0.25, 0.3) is 6.08 Å². The zero-order valence-electron chi connectivity index (χ0n) is 11.5. The lowest BCUT2D eigenvalue weighted by Gasteiger charge is -2.06. The predicted octanol–water partition coefficient (Wildman–Crippen LogP) is 5.01. The zero-order valence-corrected chi connectivity index (χ0v) is 14.6. The van der Waals surface area contributed by atoms with Crippen molar-refractivity contribution in [2.24, 2.45) is 0 Å². The van der Waals surface area contributed by atoms with E-state index in [9.17, 15) is 15.2 Å². The van der Waals surface area contributed by atoms with Crippen LogP contribution < -0.4 is 5.32 Å². The van der Waals surface area contributed by atoms with E-state index in [-0.39, 0.29) is 11.3 Å². The average Bonchev–Trinajstić information content (AvgIpc) is 2.47. The van der Waals surface area contributed by atoms with Gasteiger partial charge in [-0.2, -0.15) is 5.26 Å². The summed E-state index contributed by atoms with van der Waals surface area (Å²) in [7, 11) is 0. The quantitative estimate of drug-likeness (QED) is 0.550. The van der Waals surface area contributed by atoms with Gasteiger partial charge in [-0.3, -0.25) is 4.79 Å². The lowest BCUT2D eigenvalue weighted by Crippen LogP contribution is -2.13. The molecule has 1 amide bonds. The van der Waals surface area contributed by atoms with E-state index in [1.54, 1.807) is 12.1 Å². The molecule has 0 bridgehead atoms. The van der Waals surface area contributed by atoms with Gasteiger partial charge in [-0.1, -0.05) is 29.3 Å². The Morgan fingerprint density at radius 1 is 1.22 bits per heavy atom. The van der Waals surface area contributed by atoms with Gasteiger partial charge in [0.1, 0.15) is 17.4 Å². The number of amides is 1. The molecular weight excluding hydrogens is 403 g/mol. The molecule has 0 aliphatic heterocycles. The fourth-order valence-corrected chi connectivity index (χ4v) is 2.68. The summed E-state index contributed by atoms with van der Waals surface area (Å²) >= 11 is 14.9. The Morgan fingerprint density at radius 3 is 2.43 bits per heavy atom. The molecule has 0 fully saturated rings. The molecule has 0 radical (unpaired) electrons. The number of nitrogens with one attached hydrogen (secondary N) is 1. The van der Waals surface area contributed by atoms with Crippen LogP contribution in [0.4, 0.5) is 5.69 Å². The van der Waals surface area contributed by atoms with Crippen molar-refractivity contribution in [2.75, 3.05) is 5.32 Å². The van der Waals surface area contributed by atoms with Gasteiger partial charge in [0.15, 0.2) is 0 Å². The van der Waals surface area contributed by atoms with Gasteiger partial charge in [-0.05, 0) is 57.9 Å². The SMILES string of the molecule is N#C/C(=C\c1ccc(O)c(Br)c1)C(=O)Nc1cc(Cl)cc(Cl)c1. The number of nitriles is 1. The molecule has 23 heavy (non-hydrogen) atoms. The standard InChI is InChI=1S/C16H9BrCl2N2O2/c17-14-4-9(1-2-15(14)22)3-10(8-20)16(23)21-13-6-11(18)5-12(19)7-13/h1-7,22H,(H,21,23)/b10-3+. The van der Waals surface area contributed by atoms with Gasteiger partial charge in [0.25, 0.3) is 5.91 Å². The topological polar surface area (TPSA) is 73.1 Å². The second-order valence-electron chi connectivity index (χ2n) is 4.49. The molecule has 0 aliphatic carbocycles. The van der Waals surface area contributed by atoms with Gasteiger partial charge in [0, 0.05) is 15.7 Å². The predicted molar refractivity (Wildman–Crippen MR) is 94.5 cm³/mol. The van der Waals surface area contributed by atoms with E-state index in [0.717, 1.165) is 0 Å². The molecule has 2 aromatic carbocycles. The minimum atomic E-state index is -0.588. The number of carbonyl (C=O) groups is 1. The Morgan fingerprint density at radius 2 is 1.87 bits per heavy atom. The smallest absolute Gasteiger partial charge is 0.266 e. The maximum atomic E-state index is 12.2. The van der Waals surface area contributed by atoms with Crippen LogP contribution in [0, 0.1) is 11.3 Å². The van der Waals surface area contributed by atoms with Crippen LogP contribution in [-0.2, 0) is 4.79 Å². The molecule has 2 aromatic rings. The van der Waals surface area contributed by atoms with Crippen LogP contribution >= 0.6 is 39.1 Å². The van der Waals surface area contributed by atoms with Crippen molar-refractivity contribution in [1.82, 2.24) is 0 Å². The van der Waals surface area contributed by atoms with Crippen LogP contribution in [0.15, 0.2) is 46.4 Å². The highest BCUT2D eigenvalue weighted by atomic mass is 79.9. The van der Waals surface area contributed by atoms with E-state index in [1.165, 1.54) is 30.3 Å². The van der Waals surface area contributed by atoms with Crippen LogP contribution in [0.1, 0.15) is 5.56 Å². The number of carbonyl (C=O) groups excluding carboxylic acids is 1. The summed E-state index contributed by atoms with van der Waals surface area (Å²) in [5, 5.41) is 21.9. The highest BCUT2D eigenvalue weighted by molar-refractivity contribution is 9.10. The molecule has 116 valence electrons. The number of phenolic OH excluding ortho intramolecular Hbond substituents is 1. The Hall–Kier alpha value is -2.00. The second-order valence-corrected chi connectivity index (χ2v) is 6.22. The zero-order chi connectivity index (χ0) is 17.0. The second kappa shape index (κ2) is 7.51. The number of aromatic hydroxyl groups is 1. The minimum Gasteiger partial charge on any atom is -0.507 e. The summed E-state index contributed by atoms with van der Waals surface area (Å²) in [6.45, 7) is 0. The van der Waals surface area contributed by atoms with Gasteiger partial charge in [0.2, 0.25) is 0 Å². The molecule has 4 nitrogen and oxygen atoms in total. The minimum absolute atomic E-state index is 0.0682. The number of anilines is 1. The third kappa shape index (κ3) is 4.73. The first kappa shape index (κ1) is 17.4. The van der Waals surface area contributed by atoms with Crippen molar-refractivity contribution >= 4 is 56.8 Å². The third-order valence-electron chi connectivity index (χ3n) is 2.77. The number of hydrogen-bond acceptors (Lipinski definition) is 3. The number of phenols is 1. The normalized spacial score (nSPS) is 11.0. The Balaban J connectivity index is 2.26. The first-order valence-corrected chi connectivity index (χ1v) is 7.81. The maximum Gasteiger partial charge on any atom is 0.266 e. The van der Waals surface area contributed by atoms with Gasteiger partial charge in [-0.15, -0.1) is 0 Å². The Kier molecular flexibility index (Phi) is 5.67. The molecule has 0 atom stereocenters. The fraction of sp³-hybridized carbons (Fsp3) is 0. The molecule has 7 heteroatoms. The van der Waals surface area contributed by atoms with Crippen LogP contribution in [0.3, 0.4) is 0 Å². The molecule has 2 rings (SSSR count). The highest BCUT2D eigenvalue weighted by Gasteiger charge is 2.11. The lowest BCUT2D eigenvalue weighted by molar-refractivity contribution is -0.112. The van der Waals surface area contributed by atoms with Crippen LogP contribution in [-0.4, -0.2) is 11.0 Å². The molecule has 0 saturated heterocycles. The van der Waals surface area contributed by atoms with Gasteiger partial charge in [-0.25, -0.2) is 0 Å². The van der Waals surface area contributed by atoms with Crippen molar-refractivity contribution in [2.45, 2.75) is 0 Å². The summed E-state index contributed by atoms with van der Waals surface area (Å²) in [5.41, 5.74) is 0.879. The molecule has 0 spiro atoms. The molecule has 0 unspecified atom stereocenters. The Labute approximate surface area is 151 Å². The summed E-state index contributed by atoms with van der Waals surface area (Å²) in [6.07, 6.45) is 1.41. The van der Waals surface area contributed by atoms with Crippen molar-refractivity contribution in [3.63, 3.8) is 0 Å². The lowest BCUT2D eigenvalue weighted by atomic mass is 10.1. The molecule has 0 aliphatic rings. The first-order valence-electron chi connectivity index (χ1n) is 6.27. The van der Waals surface area contributed by atoms with Gasteiger partial charge < -0.3 is 10.4 Å². The maximum absolute atomic E-state index is 12.2.